The highest BCUT2D eigenvalue weighted by Crippen LogP contribution is 2.24. The minimum absolute atomic E-state index is 0.0509. The van der Waals surface area contributed by atoms with Crippen molar-refractivity contribution < 1.29 is 4.92 Å². The second kappa shape index (κ2) is 6.57. The van der Waals surface area contributed by atoms with E-state index in [4.69, 9.17) is 5.73 Å². The summed E-state index contributed by atoms with van der Waals surface area (Å²) in [5, 5.41) is 12.0. The van der Waals surface area contributed by atoms with E-state index in [0.29, 0.717) is 15.6 Å². The fraction of sp³-hybridized carbons (Fsp3) is 0. The van der Waals surface area contributed by atoms with Crippen LogP contribution < -0.4 is 5.73 Å². The van der Waals surface area contributed by atoms with E-state index in [1.54, 1.807) is 18.3 Å². The molecule has 0 saturated carbocycles. The van der Waals surface area contributed by atoms with Gasteiger partial charge in [0.2, 0.25) is 0 Å². The van der Waals surface area contributed by atoms with Crippen molar-refractivity contribution in [2.75, 3.05) is 5.73 Å². The monoisotopic (exact) mass is 452 g/mol. The van der Waals surface area contributed by atoms with E-state index in [1.807, 2.05) is 12.1 Å². The van der Waals surface area contributed by atoms with E-state index in [-0.39, 0.29) is 5.69 Å². The third-order valence-electron chi connectivity index (χ3n) is 3.22. The quantitative estimate of drug-likeness (QED) is 0.227. The number of hydrogen-bond donors (Lipinski definition) is 3. The molecule has 122 valence electrons. The van der Waals surface area contributed by atoms with E-state index >= 15 is 0 Å². The Labute approximate surface area is 151 Å². The number of hydrogen-bond acceptors (Lipinski definition) is 5. The first kappa shape index (κ1) is 16.4. The molecular weight excluding hydrogens is 444 g/mol. The van der Waals surface area contributed by atoms with Gasteiger partial charge in [-0.15, -0.1) is 0 Å². The molecule has 0 saturated heterocycles. The molecule has 0 aliphatic rings. The van der Waals surface area contributed by atoms with Gasteiger partial charge in [0.15, 0.2) is 0 Å². The molecule has 4 aromatic heterocycles. The van der Waals surface area contributed by atoms with Gasteiger partial charge in [0.1, 0.15) is 20.5 Å². The Morgan fingerprint density at radius 1 is 0.958 bits per heavy atom. The van der Waals surface area contributed by atoms with Crippen LogP contribution in [-0.2, 0) is 0 Å². The van der Waals surface area contributed by atoms with Crippen molar-refractivity contribution in [2.45, 2.75) is 0 Å². The zero-order valence-electron chi connectivity index (χ0n) is 12.0. The van der Waals surface area contributed by atoms with E-state index in [9.17, 15) is 10.1 Å². The van der Waals surface area contributed by atoms with E-state index in [0.717, 1.165) is 21.3 Å². The zero-order chi connectivity index (χ0) is 17.3. The Balaban J connectivity index is 0.000000143. The normalized spacial score (nSPS) is 10.6. The molecular formula is C14H10Br2N6O2. The summed E-state index contributed by atoms with van der Waals surface area (Å²) in [6.45, 7) is 0. The number of aromatic amines is 2. The van der Waals surface area contributed by atoms with Gasteiger partial charge in [-0.2, -0.15) is 0 Å². The molecule has 0 amide bonds. The summed E-state index contributed by atoms with van der Waals surface area (Å²) in [6.07, 6.45) is 3.08. The minimum atomic E-state index is -0.436. The Bertz CT molecular complexity index is 1040. The second-order valence-corrected chi connectivity index (χ2v) is 6.36. The van der Waals surface area contributed by atoms with E-state index in [2.05, 4.69) is 51.8 Å². The average Bonchev–Trinajstić information content (AvgIpc) is 3.11. The maximum atomic E-state index is 10.5. The lowest BCUT2D eigenvalue weighted by Gasteiger charge is -1.90. The number of rotatable bonds is 1. The third-order valence-corrected chi connectivity index (χ3v) is 4.10. The van der Waals surface area contributed by atoms with Crippen LogP contribution in [0.25, 0.3) is 22.1 Å². The molecule has 0 radical (unpaired) electrons. The number of aromatic nitrogens is 4. The third kappa shape index (κ3) is 3.24. The molecule has 24 heavy (non-hydrogen) atoms. The van der Waals surface area contributed by atoms with Gasteiger partial charge < -0.3 is 15.7 Å². The van der Waals surface area contributed by atoms with E-state index in [1.165, 1.54) is 6.20 Å². The van der Waals surface area contributed by atoms with Crippen LogP contribution in [0, 0.1) is 10.1 Å². The number of nitrogens with two attached hydrogens (primary N) is 1. The van der Waals surface area contributed by atoms with Crippen molar-refractivity contribution in [2.24, 2.45) is 0 Å². The molecule has 4 aromatic rings. The number of H-pyrrole nitrogens is 2. The summed E-state index contributed by atoms with van der Waals surface area (Å²) >= 11 is 6.45. The molecule has 4 rings (SSSR count). The van der Waals surface area contributed by atoms with Crippen LogP contribution in [0.3, 0.4) is 0 Å². The Kier molecular flexibility index (Phi) is 4.49. The average molecular weight is 454 g/mol. The van der Waals surface area contributed by atoms with Crippen LogP contribution >= 0.6 is 31.9 Å². The van der Waals surface area contributed by atoms with Crippen LogP contribution in [0.2, 0.25) is 0 Å². The Hall–Kier alpha value is -2.46. The molecule has 10 heteroatoms. The fourth-order valence-electron chi connectivity index (χ4n) is 2.12. The van der Waals surface area contributed by atoms with Crippen molar-refractivity contribution in [1.82, 2.24) is 19.9 Å². The highest BCUT2D eigenvalue weighted by Gasteiger charge is 2.13. The Morgan fingerprint density at radius 3 is 2.12 bits per heavy atom. The molecule has 0 bridgehead atoms. The lowest BCUT2D eigenvalue weighted by atomic mass is 10.3. The maximum absolute atomic E-state index is 10.5. The molecule has 0 aliphatic carbocycles. The summed E-state index contributed by atoms with van der Waals surface area (Å²) < 4.78 is 1.46. The van der Waals surface area contributed by atoms with Gasteiger partial charge in [0.05, 0.1) is 22.2 Å². The number of nitro groups is 1. The molecule has 8 nitrogen and oxygen atoms in total. The van der Waals surface area contributed by atoms with Gasteiger partial charge >= 0.3 is 0 Å². The van der Waals surface area contributed by atoms with Crippen LogP contribution in [0.4, 0.5) is 11.4 Å². The number of anilines is 1. The lowest BCUT2D eigenvalue weighted by molar-refractivity contribution is -0.383. The first-order valence-corrected chi connectivity index (χ1v) is 8.21. The molecule has 4 N–H and O–H groups in total. The van der Waals surface area contributed by atoms with Gasteiger partial charge in [-0.25, -0.2) is 9.97 Å². The summed E-state index contributed by atoms with van der Waals surface area (Å²) in [6, 6.07) is 7.12. The standard InChI is InChI=1S/C7H4BrN3O2.C7H6BrN3/c8-6-2-1-4-5(11(12)13)3-9-7(4)10-6;8-6-2-1-4-5(9)3-10-7(4)11-6/h1-3H,(H,9,10);1-3H,9H2,(H,10,11). The highest BCUT2D eigenvalue weighted by atomic mass is 79.9. The zero-order valence-corrected chi connectivity index (χ0v) is 15.1. The summed E-state index contributed by atoms with van der Waals surface area (Å²) in [7, 11) is 0. The summed E-state index contributed by atoms with van der Waals surface area (Å²) in [5.74, 6) is 0. The number of nitrogens with one attached hydrogen (secondary N) is 2. The lowest BCUT2D eigenvalue weighted by Crippen LogP contribution is -1.85. The summed E-state index contributed by atoms with van der Waals surface area (Å²) in [4.78, 5) is 24.0. The fourth-order valence-corrected chi connectivity index (χ4v) is 2.74. The minimum Gasteiger partial charge on any atom is -0.397 e. The largest absolute Gasteiger partial charge is 0.397 e. The predicted molar refractivity (Wildman–Crippen MR) is 98.7 cm³/mol. The van der Waals surface area contributed by atoms with Crippen molar-refractivity contribution in [1.29, 1.82) is 0 Å². The predicted octanol–water partition coefficient (Wildman–Crippen LogP) is 4.14. The topological polar surface area (TPSA) is 127 Å². The maximum Gasteiger partial charge on any atom is 0.296 e. The second-order valence-electron chi connectivity index (χ2n) is 4.74. The van der Waals surface area contributed by atoms with Crippen molar-refractivity contribution in [3.8, 4) is 0 Å². The van der Waals surface area contributed by atoms with Crippen molar-refractivity contribution >= 4 is 65.3 Å². The van der Waals surface area contributed by atoms with Gasteiger partial charge in [-0.05, 0) is 56.1 Å². The number of nitrogens with zero attached hydrogens (tertiary/aromatic N) is 3. The first-order chi connectivity index (χ1) is 11.5. The van der Waals surface area contributed by atoms with Gasteiger partial charge in [-0.3, -0.25) is 10.1 Å². The van der Waals surface area contributed by atoms with Crippen molar-refractivity contribution in [3.63, 3.8) is 0 Å². The molecule has 0 unspecified atom stereocenters. The van der Waals surface area contributed by atoms with Crippen LogP contribution in [0.1, 0.15) is 0 Å². The molecule has 0 atom stereocenters. The van der Waals surface area contributed by atoms with Gasteiger partial charge in [0, 0.05) is 11.6 Å². The van der Waals surface area contributed by atoms with Crippen molar-refractivity contribution in [3.05, 3.63) is 56.0 Å². The summed E-state index contributed by atoms with van der Waals surface area (Å²) in [5.41, 5.74) is 7.76. The van der Waals surface area contributed by atoms with Gasteiger partial charge in [-0.1, -0.05) is 0 Å². The number of pyridine rings is 2. The number of nitrogen functional groups attached to an aromatic ring is 1. The highest BCUT2D eigenvalue weighted by molar-refractivity contribution is 9.10. The SMILES string of the molecule is Nc1c[nH]c2nc(Br)ccc12.O=[N+]([O-])c1c[nH]c2nc(Br)ccc12. The molecule has 0 fully saturated rings. The molecule has 4 heterocycles. The molecule has 0 spiro atoms. The number of halogens is 2. The van der Waals surface area contributed by atoms with Crippen LogP contribution in [-0.4, -0.2) is 24.9 Å². The van der Waals surface area contributed by atoms with Crippen LogP contribution in [0.5, 0.6) is 0 Å². The smallest absolute Gasteiger partial charge is 0.296 e. The molecule has 0 aliphatic heterocycles. The molecule has 0 aromatic carbocycles. The first-order valence-electron chi connectivity index (χ1n) is 6.63. The van der Waals surface area contributed by atoms with Gasteiger partial charge in [0.25, 0.3) is 5.69 Å². The Morgan fingerprint density at radius 2 is 1.50 bits per heavy atom. The number of fused-ring (bicyclic) bond motifs is 2. The van der Waals surface area contributed by atoms with E-state index < -0.39 is 4.92 Å². The van der Waals surface area contributed by atoms with Crippen LogP contribution in [0.15, 0.2) is 45.9 Å².